The smallest absolute Gasteiger partial charge is 0.339 e. The van der Waals surface area contributed by atoms with Gasteiger partial charge in [-0.3, -0.25) is 14.1 Å². The number of pyridine rings is 1. The number of aromatic carboxylic acids is 1. The fourth-order valence-electron chi connectivity index (χ4n) is 4.43. The minimum atomic E-state index is -1.08. The van der Waals surface area contributed by atoms with Crippen molar-refractivity contribution in [3.8, 4) is 28.5 Å². The topological polar surface area (TPSA) is 137 Å². The fourth-order valence-corrected chi connectivity index (χ4v) is 4.43. The summed E-state index contributed by atoms with van der Waals surface area (Å²) in [4.78, 5) is 29.9. The van der Waals surface area contributed by atoms with Crippen molar-refractivity contribution in [1.29, 1.82) is 0 Å². The average molecular weight is 499 g/mol. The van der Waals surface area contributed by atoms with Crippen LogP contribution in [0.4, 0.5) is 0 Å². The van der Waals surface area contributed by atoms with Gasteiger partial charge in [-0.2, -0.15) is 5.21 Å². The average Bonchev–Trinajstić information content (AvgIpc) is 3.64. The first-order chi connectivity index (χ1) is 18.0. The zero-order valence-corrected chi connectivity index (χ0v) is 20.5. The highest BCUT2D eigenvalue weighted by Gasteiger charge is 2.21. The molecule has 0 amide bonds. The number of nitrogens with zero attached hydrogens (tertiary/aromatic N) is 7. The number of nitrogens with one attached hydrogen (secondary N) is 1. The fraction of sp³-hybridized carbons (Fsp3) is 0.231. The standard InChI is InChI=1S/C26H26N8O3/c1-3-4-7-18-16-34(24-21(25(35)36)12-13-32(24)2)26(37)33(18)15-17-10-11-22(27-14-17)19-8-5-6-9-20(19)23-28-30-31-29-23/h5-6,8-14,16H,3-4,7,15H2,1-2H3,(H,35,36)(H,28,29,30,31). The van der Waals surface area contributed by atoms with Crippen LogP contribution in [0.1, 0.15) is 41.4 Å². The van der Waals surface area contributed by atoms with E-state index in [1.165, 1.54) is 10.6 Å². The molecule has 188 valence electrons. The number of carboxylic acid groups (broad SMARTS) is 1. The van der Waals surface area contributed by atoms with Crippen molar-refractivity contribution in [1.82, 2.24) is 39.3 Å². The van der Waals surface area contributed by atoms with Crippen LogP contribution in [0.2, 0.25) is 0 Å². The third-order valence-corrected chi connectivity index (χ3v) is 6.30. The molecule has 4 heterocycles. The molecule has 0 aliphatic carbocycles. The van der Waals surface area contributed by atoms with E-state index in [1.807, 2.05) is 36.4 Å². The first-order valence-electron chi connectivity index (χ1n) is 12.0. The van der Waals surface area contributed by atoms with Crippen molar-refractivity contribution in [2.24, 2.45) is 7.05 Å². The van der Waals surface area contributed by atoms with Crippen molar-refractivity contribution in [3.63, 3.8) is 0 Å². The quantitative estimate of drug-likeness (QED) is 0.318. The summed E-state index contributed by atoms with van der Waals surface area (Å²) in [6.07, 6.45) is 7.73. The van der Waals surface area contributed by atoms with Crippen LogP contribution in [0, 0.1) is 0 Å². The first kappa shape index (κ1) is 23.9. The molecular formula is C26H26N8O3. The lowest BCUT2D eigenvalue weighted by molar-refractivity contribution is 0.0697. The Labute approximate surface area is 212 Å². The van der Waals surface area contributed by atoms with Crippen LogP contribution in [-0.2, 0) is 20.0 Å². The Kier molecular flexibility index (Phi) is 6.50. The Hall–Kier alpha value is -4.80. The van der Waals surface area contributed by atoms with E-state index in [0.717, 1.165) is 40.9 Å². The molecule has 11 heteroatoms. The Bertz CT molecular complexity index is 1590. The number of hydrogen-bond donors (Lipinski definition) is 2. The molecule has 5 rings (SSSR count). The predicted molar refractivity (Wildman–Crippen MR) is 137 cm³/mol. The van der Waals surface area contributed by atoms with Gasteiger partial charge < -0.3 is 9.67 Å². The molecule has 0 bridgehead atoms. The lowest BCUT2D eigenvalue weighted by Gasteiger charge is -2.09. The van der Waals surface area contributed by atoms with Gasteiger partial charge in [0, 0.05) is 42.5 Å². The number of unbranched alkanes of at least 4 members (excludes halogenated alkanes) is 1. The van der Waals surface area contributed by atoms with Crippen LogP contribution in [0.25, 0.3) is 28.5 Å². The number of benzene rings is 1. The Balaban J connectivity index is 1.50. The van der Waals surface area contributed by atoms with Gasteiger partial charge in [0.25, 0.3) is 0 Å². The molecule has 11 nitrogen and oxygen atoms in total. The summed E-state index contributed by atoms with van der Waals surface area (Å²) in [7, 11) is 1.73. The Morgan fingerprint density at radius 1 is 1.11 bits per heavy atom. The lowest BCUT2D eigenvalue weighted by atomic mass is 10.0. The molecule has 0 unspecified atom stereocenters. The van der Waals surface area contributed by atoms with E-state index in [1.54, 1.807) is 34.8 Å². The second-order valence-corrected chi connectivity index (χ2v) is 8.76. The summed E-state index contributed by atoms with van der Waals surface area (Å²) in [5, 5.41) is 23.9. The third kappa shape index (κ3) is 4.58. The SMILES string of the molecule is CCCCc1cn(-c2c(C(=O)O)ccn2C)c(=O)n1Cc1ccc(-c2ccccc2-c2nn[nH]n2)nc1. The molecule has 0 aliphatic heterocycles. The number of rotatable bonds is 9. The zero-order chi connectivity index (χ0) is 25.9. The van der Waals surface area contributed by atoms with E-state index in [0.29, 0.717) is 24.6 Å². The molecule has 0 radical (unpaired) electrons. The van der Waals surface area contributed by atoms with Gasteiger partial charge in [0.2, 0.25) is 5.82 Å². The molecule has 0 fully saturated rings. The molecular weight excluding hydrogens is 472 g/mol. The van der Waals surface area contributed by atoms with Gasteiger partial charge >= 0.3 is 11.7 Å². The van der Waals surface area contributed by atoms with Crippen LogP contribution >= 0.6 is 0 Å². The highest BCUT2D eigenvalue weighted by Crippen LogP contribution is 2.28. The minimum Gasteiger partial charge on any atom is -0.478 e. The van der Waals surface area contributed by atoms with Gasteiger partial charge in [-0.1, -0.05) is 43.7 Å². The number of aromatic amines is 1. The number of carboxylic acids is 1. The van der Waals surface area contributed by atoms with Crippen molar-refractivity contribution in [3.05, 3.63) is 88.4 Å². The minimum absolute atomic E-state index is 0.0788. The van der Waals surface area contributed by atoms with Crippen LogP contribution in [0.3, 0.4) is 0 Å². The van der Waals surface area contributed by atoms with Crippen LogP contribution < -0.4 is 5.69 Å². The van der Waals surface area contributed by atoms with Crippen molar-refractivity contribution in [2.45, 2.75) is 32.7 Å². The predicted octanol–water partition coefficient (Wildman–Crippen LogP) is 3.31. The summed E-state index contributed by atoms with van der Waals surface area (Å²) < 4.78 is 4.77. The number of aryl methyl sites for hydroxylation is 2. The molecule has 0 atom stereocenters. The largest absolute Gasteiger partial charge is 0.478 e. The van der Waals surface area contributed by atoms with Gasteiger partial charge in [0.05, 0.1) is 12.2 Å². The Morgan fingerprint density at radius 2 is 1.92 bits per heavy atom. The molecule has 4 aromatic heterocycles. The second kappa shape index (κ2) is 10.1. The highest BCUT2D eigenvalue weighted by molar-refractivity contribution is 5.91. The summed E-state index contributed by atoms with van der Waals surface area (Å²) in [5.41, 5.74) is 3.91. The molecule has 1 aromatic carbocycles. The van der Waals surface area contributed by atoms with Crippen molar-refractivity contribution < 1.29 is 9.90 Å². The van der Waals surface area contributed by atoms with E-state index in [9.17, 15) is 14.7 Å². The third-order valence-electron chi connectivity index (χ3n) is 6.30. The normalized spacial score (nSPS) is 11.2. The number of H-pyrrole nitrogens is 1. The number of imidazole rings is 1. The monoisotopic (exact) mass is 498 g/mol. The molecule has 2 N–H and O–H groups in total. The van der Waals surface area contributed by atoms with Gasteiger partial charge in [-0.25, -0.2) is 9.59 Å². The molecule has 5 aromatic rings. The number of aromatic nitrogens is 8. The Morgan fingerprint density at radius 3 is 2.59 bits per heavy atom. The van der Waals surface area contributed by atoms with E-state index in [4.69, 9.17) is 0 Å². The molecule has 0 spiro atoms. The maximum atomic E-state index is 13.5. The summed E-state index contributed by atoms with van der Waals surface area (Å²) in [6.45, 7) is 2.41. The van der Waals surface area contributed by atoms with Crippen molar-refractivity contribution >= 4 is 5.97 Å². The molecule has 0 aliphatic rings. The molecule has 0 saturated heterocycles. The van der Waals surface area contributed by atoms with Crippen LogP contribution in [0.15, 0.2) is 65.8 Å². The maximum Gasteiger partial charge on any atom is 0.339 e. The van der Waals surface area contributed by atoms with Crippen molar-refractivity contribution in [2.75, 3.05) is 0 Å². The summed E-state index contributed by atoms with van der Waals surface area (Å²) >= 11 is 0. The van der Waals surface area contributed by atoms with E-state index >= 15 is 0 Å². The van der Waals surface area contributed by atoms with Gasteiger partial charge in [-0.05, 0) is 35.8 Å². The first-order valence-corrected chi connectivity index (χ1v) is 12.0. The molecule has 0 saturated carbocycles. The number of carbonyl (C=O) groups is 1. The van der Waals surface area contributed by atoms with E-state index in [-0.39, 0.29) is 11.3 Å². The van der Waals surface area contributed by atoms with E-state index in [2.05, 4.69) is 32.5 Å². The second-order valence-electron chi connectivity index (χ2n) is 8.76. The molecule has 37 heavy (non-hydrogen) atoms. The summed E-state index contributed by atoms with van der Waals surface area (Å²) in [6, 6.07) is 13.0. The number of tetrazole rings is 1. The maximum absolute atomic E-state index is 13.5. The highest BCUT2D eigenvalue weighted by atomic mass is 16.4. The van der Waals surface area contributed by atoms with Crippen LogP contribution in [0.5, 0.6) is 0 Å². The summed E-state index contributed by atoms with van der Waals surface area (Å²) in [5.74, 6) is -0.261. The zero-order valence-electron chi connectivity index (χ0n) is 20.5. The number of hydrogen-bond acceptors (Lipinski definition) is 6. The van der Waals surface area contributed by atoms with E-state index < -0.39 is 5.97 Å². The lowest BCUT2D eigenvalue weighted by Crippen LogP contribution is -2.26. The van der Waals surface area contributed by atoms with Gasteiger partial charge in [-0.15, -0.1) is 10.2 Å². The van der Waals surface area contributed by atoms with Gasteiger partial charge in [0.15, 0.2) is 0 Å². The van der Waals surface area contributed by atoms with Gasteiger partial charge in [0.1, 0.15) is 11.4 Å². The van der Waals surface area contributed by atoms with Crippen LogP contribution in [-0.4, -0.2) is 50.4 Å².